The average Bonchev–Trinajstić information content (AvgIpc) is 2.99. The van der Waals surface area contributed by atoms with E-state index in [0.717, 1.165) is 19.5 Å². The van der Waals surface area contributed by atoms with Crippen molar-refractivity contribution in [2.45, 2.75) is 17.4 Å². The van der Waals surface area contributed by atoms with Gasteiger partial charge in [-0.05, 0) is 37.2 Å². The van der Waals surface area contributed by atoms with Gasteiger partial charge >= 0.3 is 0 Å². The summed E-state index contributed by atoms with van der Waals surface area (Å²) in [6.45, 7) is 2.24. The van der Waals surface area contributed by atoms with Gasteiger partial charge in [0.25, 0.3) is 0 Å². The van der Waals surface area contributed by atoms with Gasteiger partial charge in [0.1, 0.15) is 5.75 Å². The van der Waals surface area contributed by atoms with Crippen LogP contribution in [-0.4, -0.2) is 51.6 Å². The summed E-state index contributed by atoms with van der Waals surface area (Å²) >= 11 is 1.50. The summed E-state index contributed by atoms with van der Waals surface area (Å²) in [6.07, 6.45) is 0.980. The van der Waals surface area contributed by atoms with Crippen LogP contribution in [0.5, 0.6) is 5.75 Å². The first-order valence-corrected chi connectivity index (χ1v) is 9.99. The molecule has 1 heterocycles. The van der Waals surface area contributed by atoms with Gasteiger partial charge in [-0.1, -0.05) is 0 Å². The highest BCUT2D eigenvalue weighted by molar-refractivity contribution is 7.99. The zero-order chi connectivity index (χ0) is 16.7. The molecule has 0 bridgehead atoms. The van der Waals surface area contributed by atoms with Crippen molar-refractivity contribution in [3.05, 3.63) is 24.3 Å². The summed E-state index contributed by atoms with van der Waals surface area (Å²) in [5, 5.41) is 11.2. The molecule has 1 saturated heterocycles. The summed E-state index contributed by atoms with van der Waals surface area (Å²) in [7, 11) is -3.68. The van der Waals surface area contributed by atoms with Crippen molar-refractivity contribution in [3.63, 3.8) is 0 Å². The number of hydrogen-bond donors (Lipinski definition) is 3. The van der Waals surface area contributed by atoms with E-state index in [1.54, 1.807) is 12.1 Å². The molecule has 0 saturated carbocycles. The lowest BCUT2D eigenvalue weighted by Gasteiger charge is -2.11. The second-order valence-corrected chi connectivity index (χ2v) is 7.84. The Balaban J connectivity index is 1.60. The number of benzene rings is 1. The van der Waals surface area contributed by atoms with E-state index in [-0.39, 0.29) is 16.8 Å². The maximum Gasteiger partial charge on any atom is 0.238 e. The Labute approximate surface area is 140 Å². The Kier molecular flexibility index (Phi) is 6.70. The fraction of sp³-hybridized carbons (Fsp3) is 0.500. The molecule has 0 spiro atoms. The Morgan fingerprint density at radius 1 is 1.39 bits per heavy atom. The molecular weight excluding hydrogens is 338 g/mol. The van der Waals surface area contributed by atoms with E-state index in [1.165, 1.54) is 23.9 Å². The first-order valence-electron chi connectivity index (χ1n) is 7.28. The summed E-state index contributed by atoms with van der Waals surface area (Å²) < 4.78 is 27.7. The van der Waals surface area contributed by atoms with Crippen molar-refractivity contribution < 1.29 is 17.9 Å². The minimum absolute atomic E-state index is 0.0428. The van der Waals surface area contributed by atoms with E-state index in [9.17, 15) is 13.2 Å². The van der Waals surface area contributed by atoms with Crippen LogP contribution in [0.4, 0.5) is 0 Å². The molecule has 1 aromatic rings. The highest BCUT2D eigenvalue weighted by Gasteiger charge is 2.16. The van der Waals surface area contributed by atoms with Crippen molar-refractivity contribution in [3.8, 4) is 5.75 Å². The van der Waals surface area contributed by atoms with Gasteiger partial charge < -0.3 is 15.4 Å². The van der Waals surface area contributed by atoms with Crippen molar-refractivity contribution in [1.29, 1.82) is 0 Å². The molecule has 1 amide bonds. The average molecular weight is 359 g/mol. The lowest BCUT2D eigenvalue weighted by Crippen LogP contribution is -2.37. The number of rotatable bonds is 8. The SMILES string of the molecule is NS(=O)(=O)c1ccc(OCCSCC(=O)NC2CCNC2)cc1. The van der Waals surface area contributed by atoms with Crippen molar-refractivity contribution in [2.75, 3.05) is 31.2 Å². The van der Waals surface area contributed by atoms with Gasteiger partial charge in [-0.15, -0.1) is 11.8 Å². The lowest BCUT2D eigenvalue weighted by molar-refractivity contribution is -0.119. The van der Waals surface area contributed by atoms with E-state index >= 15 is 0 Å². The van der Waals surface area contributed by atoms with Gasteiger partial charge in [0.05, 0.1) is 17.3 Å². The van der Waals surface area contributed by atoms with Crippen LogP contribution >= 0.6 is 11.8 Å². The number of thioether (sulfide) groups is 1. The minimum Gasteiger partial charge on any atom is -0.493 e. The number of sulfonamides is 1. The van der Waals surface area contributed by atoms with Crippen LogP contribution < -0.4 is 20.5 Å². The number of hydrogen-bond acceptors (Lipinski definition) is 6. The largest absolute Gasteiger partial charge is 0.493 e. The predicted molar refractivity (Wildman–Crippen MR) is 90.1 cm³/mol. The molecule has 7 nitrogen and oxygen atoms in total. The molecular formula is C14H21N3O4S2. The van der Waals surface area contributed by atoms with Crippen LogP contribution in [0.25, 0.3) is 0 Å². The summed E-state index contributed by atoms with van der Waals surface area (Å²) in [4.78, 5) is 11.7. The summed E-state index contributed by atoms with van der Waals surface area (Å²) in [5.74, 6) is 1.69. The summed E-state index contributed by atoms with van der Waals surface area (Å²) in [5.41, 5.74) is 0. The molecule has 1 fully saturated rings. The van der Waals surface area contributed by atoms with Gasteiger partial charge in [0.2, 0.25) is 15.9 Å². The Morgan fingerprint density at radius 2 is 2.13 bits per heavy atom. The standard InChI is InChI=1S/C14H21N3O4S2/c15-23(19,20)13-3-1-12(2-4-13)21-7-8-22-10-14(18)17-11-5-6-16-9-11/h1-4,11,16H,5-10H2,(H,17,18)(H2,15,19,20). The van der Waals surface area contributed by atoms with Crippen LogP contribution in [-0.2, 0) is 14.8 Å². The highest BCUT2D eigenvalue weighted by atomic mass is 32.2. The molecule has 1 atom stereocenters. The van der Waals surface area contributed by atoms with Crippen LogP contribution in [0.3, 0.4) is 0 Å². The Hall–Kier alpha value is -1.29. The molecule has 2 rings (SSSR count). The molecule has 0 radical (unpaired) electrons. The van der Waals surface area contributed by atoms with Gasteiger partial charge in [-0.3, -0.25) is 4.79 Å². The maximum atomic E-state index is 11.7. The number of carbonyl (C=O) groups excluding carboxylic acids is 1. The predicted octanol–water partition coefficient (Wildman–Crippen LogP) is -0.0759. The van der Waals surface area contributed by atoms with Gasteiger partial charge in [0, 0.05) is 18.3 Å². The summed E-state index contributed by atoms with van der Waals surface area (Å²) in [6, 6.07) is 6.17. The monoisotopic (exact) mass is 359 g/mol. The fourth-order valence-electron chi connectivity index (χ4n) is 2.16. The molecule has 9 heteroatoms. The minimum atomic E-state index is -3.68. The number of primary sulfonamides is 1. The number of amides is 1. The molecule has 0 aromatic heterocycles. The molecule has 1 aromatic carbocycles. The van der Waals surface area contributed by atoms with E-state index in [1.807, 2.05) is 0 Å². The molecule has 1 aliphatic heterocycles. The second-order valence-electron chi connectivity index (χ2n) is 5.17. The smallest absolute Gasteiger partial charge is 0.238 e. The van der Waals surface area contributed by atoms with E-state index < -0.39 is 10.0 Å². The van der Waals surface area contributed by atoms with Crippen LogP contribution in [0, 0.1) is 0 Å². The number of ether oxygens (including phenoxy) is 1. The third-order valence-electron chi connectivity index (χ3n) is 3.31. The zero-order valence-corrected chi connectivity index (χ0v) is 14.3. The molecule has 4 N–H and O–H groups in total. The molecule has 1 unspecified atom stereocenters. The van der Waals surface area contributed by atoms with Crippen molar-refractivity contribution >= 4 is 27.7 Å². The number of nitrogens with two attached hydrogens (primary N) is 1. The molecule has 1 aliphatic rings. The fourth-order valence-corrected chi connectivity index (χ4v) is 3.29. The Bertz CT molecular complexity index is 613. The zero-order valence-electron chi connectivity index (χ0n) is 12.7. The van der Waals surface area contributed by atoms with Crippen molar-refractivity contribution in [2.24, 2.45) is 5.14 Å². The number of carbonyl (C=O) groups is 1. The third kappa shape index (κ3) is 6.38. The third-order valence-corrected chi connectivity index (χ3v) is 5.16. The van der Waals surface area contributed by atoms with Gasteiger partial charge in [-0.2, -0.15) is 0 Å². The topological polar surface area (TPSA) is 111 Å². The van der Waals surface area contributed by atoms with Gasteiger partial charge in [0.15, 0.2) is 0 Å². The van der Waals surface area contributed by atoms with Crippen molar-refractivity contribution in [1.82, 2.24) is 10.6 Å². The Morgan fingerprint density at radius 3 is 2.74 bits per heavy atom. The molecule has 0 aliphatic carbocycles. The van der Waals surface area contributed by atoms with E-state index in [2.05, 4.69) is 10.6 Å². The molecule has 23 heavy (non-hydrogen) atoms. The first-order chi connectivity index (χ1) is 10.9. The lowest BCUT2D eigenvalue weighted by atomic mass is 10.3. The van der Waals surface area contributed by atoms with Crippen LogP contribution in [0.2, 0.25) is 0 Å². The van der Waals surface area contributed by atoms with Crippen LogP contribution in [0.15, 0.2) is 29.2 Å². The number of nitrogens with one attached hydrogen (secondary N) is 2. The normalized spacial score (nSPS) is 17.9. The van der Waals surface area contributed by atoms with Gasteiger partial charge in [-0.25, -0.2) is 13.6 Å². The first kappa shape index (κ1) is 18.1. The quantitative estimate of drug-likeness (QED) is 0.560. The maximum absolute atomic E-state index is 11.7. The van der Waals surface area contributed by atoms with Crippen LogP contribution in [0.1, 0.15) is 6.42 Å². The highest BCUT2D eigenvalue weighted by Crippen LogP contribution is 2.15. The second kappa shape index (κ2) is 8.53. The van der Waals surface area contributed by atoms with E-state index in [0.29, 0.717) is 23.9 Å². The van der Waals surface area contributed by atoms with E-state index in [4.69, 9.17) is 9.88 Å². The molecule has 128 valence electrons.